The van der Waals surface area contributed by atoms with E-state index in [0.29, 0.717) is 110 Å². The zero-order chi connectivity index (χ0) is 83.8. The molecule has 0 saturated carbocycles. The Hall–Kier alpha value is -14.1. The monoisotopic (exact) mass is 1730 g/mol. The van der Waals surface area contributed by atoms with E-state index in [4.69, 9.17) is 24.2 Å². The molecule has 0 atom stereocenters. The number of carbonyl (C=O) groups excluding carboxylic acids is 1. The first-order valence-corrected chi connectivity index (χ1v) is 40.4. The van der Waals surface area contributed by atoms with Crippen LogP contribution >= 0.6 is 27.3 Å². The topological polar surface area (TPSA) is 234 Å². The van der Waals surface area contributed by atoms with Gasteiger partial charge in [-0.2, -0.15) is 5.26 Å². The van der Waals surface area contributed by atoms with Crippen LogP contribution in [0.4, 0.5) is 33.3 Å². The van der Waals surface area contributed by atoms with Crippen molar-refractivity contribution in [3.63, 3.8) is 0 Å². The van der Waals surface area contributed by atoms with Crippen LogP contribution in [0.15, 0.2) is 295 Å². The maximum atomic E-state index is 14.7. The van der Waals surface area contributed by atoms with Gasteiger partial charge in [-0.15, -0.1) is 41.9 Å². The summed E-state index contributed by atoms with van der Waals surface area (Å²) in [5, 5.41) is 43.6. The van der Waals surface area contributed by atoms with E-state index in [-0.39, 0.29) is 80.7 Å². The number of fused-ring (bicyclic) bond motifs is 1. The summed E-state index contributed by atoms with van der Waals surface area (Å²) in [7, 11) is -4.14. The molecule has 15 aromatic rings. The number of ether oxygens (including phenoxy) is 4. The van der Waals surface area contributed by atoms with Gasteiger partial charge in [0, 0.05) is 29.9 Å². The molecule has 4 aromatic heterocycles. The number of aryl methyl sites for hydroxylation is 2. The van der Waals surface area contributed by atoms with Crippen LogP contribution in [0, 0.1) is 54.3 Å². The van der Waals surface area contributed by atoms with Crippen LogP contribution < -0.4 is 28.2 Å². The summed E-state index contributed by atoms with van der Waals surface area (Å²) in [6.07, 6.45) is 4.71. The second kappa shape index (κ2) is 39.0. The molecule has 1 amide bonds. The molecule has 0 spiro atoms. The molecule has 121 heavy (non-hydrogen) atoms. The lowest BCUT2D eigenvalue weighted by molar-refractivity contribution is 0.0728. The van der Waals surface area contributed by atoms with Crippen molar-refractivity contribution in [2.24, 2.45) is 0 Å². The molecule has 1 aliphatic rings. The van der Waals surface area contributed by atoms with E-state index in [2.05, 4.69) is 59.2 Å². The minimum atomic E-state index is -4.14. The van der Waals surface area contributed by atoms with Crippen LogP contribution in [-0.4, -0.2) is 75.4 Å². The Morgan fingerprint density at radius 3 is 1.69 bits per heavy atom. The summed E-state index contributed by atoms with van der Waals surface area (Å²) >= 11 is 4.78. The van der Waals surface area contributed by atoms with Gasteiger partial charge in [0.2, 0.25) is 6.79 Å². The molecule has 16 rings (SSSR count). The molecule has 0 unspecified atom stereocenters. The second-order valence-electron chi connectivity index (χ2n) is 27.6. The van der Waals surface area contributed by atoms with Crippen LogP contribution in [0.1, 0.15) is 84.6 Å². The largest absolute Gasteiger partial charge is 0.508 e. The van der Waals surface area contributed by atoms with Crippen molar-refractivity contribution in [2.45, 2.75) is 78.5 Å². The normalized spacial score (nSPS) is 11.3. The number of anilines is 2. The number of amides is 1. The average Bonchev–Trinajstić information content (AvgIpc) is 1.48. The maximum Gasteiger partial charge on any atom is 0.264 e. The van der Waals surface area contributed by atoms with Crippen molar-refractivity contribution >= 4 is 60.3 Å². The molecule has 1 aliphatic heterocycles. The minimum absolute atomic E-state index is 0. The lowest BCUT2D eigenvalue weighted by Gasteiger charge is -2.25. The Labute approximate surface area is 707 Å². The SMILES string of the molecule is C.C=C(O)c1ccc(-c2ccc(S(=O)(=O)N(Cc3nncn3Cc3cccc(F)c3)c3ccc(Oc4ccccc4)cc3)c(C)c2)cc1.Cc1cc(F)ccc1CN(Cc1nncn1Cc1ccc(C#N)cc1)C(=O)c1ccc(Br)s1.Fc1ccc(F)c(CN(Cc2nncn2Cc2ccc3c(c2)OCO3)c2ccc(Oc3ccccc3)cc2)c1F. The highest BCUT2D eigenvalue weighted by Gasteiger charge is 2.30. The van der Waals surface area contributed by atoms with Crippen molar-refractivity contribution in [1.29, 1.82) is 5.26 Å². The van der Waals surface area contributed by atoms with E-state index in [0.717, 1.165) is 49.3 Å². The number of halogens is 6. The van der Waals surface area contributed by atoms with Crippen LogP contribution in [0.3, 0.4) is 0 Å². The standard InChI is InChI=1S/C37H31FN4O4S.C30H23F3N4O3.C24H19BrFN5OS.CH4/c1-26-21-31(30-13-11-29(12-14-30)27(2)43)15-20-36(26)47(44,45)42(33-16-18-35(19-17-33)46-34-9-4-3-5-10-34)24-37-40-39-25-41(37)23-28-7-6-8-32(38)22-28;31-25-11-12-26(32)30(33)24(25)16-36(21-7-9-23(10-8-21)40-22-4-2-1-3-5-22)17-29-35-34-18-37(29)15-20-6-13-27-28(14-20)39-19-38-27;1-16-10-20(26)7-6-19(16)13-30(24(32)21-8-9-22(25)33-21)14-23-29-28-15-31(23)12-18-4-2-17(11-27)3-5-18;/h3-22,25,43H,2,23-24H2,1H3;1-14,18H,15-17,19H2;2-10,15H,12-14H2,1H3;1H4. The number of rotatable bonds is 27. The first-order valence-electron chi connectivity index (χ1n) is 37.3. The molecule has 0 bridgehead atoms. The number of aromatic nitrogens is 9. The molecule has 29 heteroatoms. The Kier molecular flexibility index (Phi) is 27.3. The Morgan fingerprint density at radius 2 is 1.10 bits per heavy atom. The number of hydrogen-bond acceptors (Lipinski definition) is 17. The van der Waals surface area contributed by atoms with Gasteiger partial charge < -0.3 is 47.6 Å². The smallest absolute Gasteiger partial charge is 0.264 e. The van der Waals surface area contributed by atoms with Gasteiger partial charge in [-0.05, 0) is 226 Å². The highest BCUT2D eigenvalue weighted by Crippen LogP contribution is 2.37. The average molecular weight is 1730 g/mol. The van der Waals surface area contributed by atoms with E-state index >= 15 is 0 Å². The number of thiophene rings is 1. The van der Waals surface area contributed by atoms with E-state index in [1.165, 1.54) is 46.2 Å². The molecular formula is C92H77BrF5N13O8S2. The number of nitriles is 1. The zero-order valence-electron chi connectivity index (χ0n) is 64.3. The third kappa shape index (κ3) is 21.5. The Bertz CT molecular complexity index is 6280. The van der Waals surface area contributed by atoms with Crippen molar-refractivity contribution in [3.05, 3.63) is 392 Å². The first kappa shape index (κ1) is 84.8. The highest BCUT2D eigenvalue weighted by atomic mass is 79.9. The van der Waals surface area contributed by atoms with E-state index in [9.17, 15) is 40.3 Å². The first-order chi connectivity index (χ1) is 58.1. The van der Waals surface area contributed by atoms with Crippen LogP contribution in [0.25, 0.3) is 16.9 Å². The predicted molar refractivity (Wildman–Crippen MR) is 455 cm³/mol. The molecule has 0 radical (unpaired) electrons. The summed E-state index contributed by atoms with van der Waals surface area (Å²) in [5.41, 5.74) is 8.31. The third-order valence-corrected chi connectivity index (χ3v) is 22.9. The number of nitrogens with zero attached hydrogens (tertiary/aromatic N) is 13. The molecule has 0 aliphatic carbocycles. The number of benzene rings is 11. The lowest BCUT2D eigenvalue weighted by Crippen LogP contribution is -2.32. The molecule has 21 nitrogen and oxygen atoms in total. The van der Waals surface area contributed by atoms with Crippen molar-refractivity contribution < 1.29 is 59.2 Å². The van der Waals surface area contributed by atoms with Crippen molar-refractivity contribution in [3.8, 4) is 51.7 Å². The summed E-state index contributed by atoms with van der Waals surface area (Å²) in [5.74, 6) is 1.32. The van der Waals surface area contributed by atoms with E-state index < -0.39 is 27.5 Å². The van der Waals surface area contributed by atoms with Crippen LogP contribution in [-0.2, 0) is 62.4 Å². The predicted octanol–water partition coefficient (Wildman–Crippen LogP) is 20.6. The molecule has 5 heterocycles. The van der Waals surface area contributed by atoms with Gasteiger partial charge >= 0.3 is 0 Å². The van der Waals surface area contributed by atoms with Crippen molar-refractivity contribution in [1.82, 2.24) is 49.2 Å². The molecular weight excluding hydrogens is 1650 g/mol. The van der Waals surface area contributed by atoms with Gasteiger partial charge in [0.15, 0.2) is 40.6 Å². The maximum absolute atomic E-state index is 14.7. The molecule has 0 saturated heterocycles. The summed E-state index contributed by atoms with van der Waals surface area (Å²) in [4.78, 5) is 17.5. The fourth-order valence-corrected chi connectivity index (χ4v) is 16.0. The number of para-hydroxylation sites is 2. The number of sulfonamides is 1. The zero-order valence-corrected chi connectivity index (χ0v) is 67.6. The number of aliphatic hydroxyl groups is 1. The van der Waals surface area contributed by atoms with E-state index in [1.54, 1.807) is 143 Å². The van der Waals surface area contributed by atoms with Gasteiger partial charge in [-0.25, -0.2) is 30.4 Å². The summed E-state index contributed by atoms with van der Waals surface area (Å²) in [6, 6.07) is 75.9. The molecule has 0 fully saturated rings. The van der Waals surface area contributed by atoms with E-state index in [1.807, 2.05) is 131 Å². The van der Waals surface area contributed by atoms with Crippen molar-refractivity contribution in [2.75, 3.05) is 16.0 Å². The number of aliphatic hydroxyl groups excluding tert-OH is 1. The molecule has 11 aromatic carbocycles. The van der Waals surface area contributed by atoms with Gasteiger partial charge in [0.1, 0.15) is 65.2 Å². The summed E-state index contributed by atoms with van der Waals surface area (Å²) in [6.45, 7) is 8.81. The molecule has 1 N–H and O–H groups in total. The van der Waals surface area contributed by atoms with Crippen LogP contribution in [0.2, 0.25) is 0 Å². The quantitative estimate of drug-likeness (QED) is 0.0286. The third-order valence-electron chi connectivity index (χ3n) is 19.3. The van der Waals surface area contributed by atoms with Gasteiger partial charge in [0.05, 0.1) is 70.1 Å². The van der Waals surface area contributed by atoms with Gasteiger partial charge in [0.25, 0.3) is 15.9 Å². The number of hydrogen-bond donors (Lipinski definition) is 1. The fourth-order valence-electron chi connectivity index (χ4n) is 13.1. The van der Waals surface area contributed by atoms with Gasteiger partial charge in [-0.3, -0.25) is 9.10 Å². The Morgan fingerprint density at radius 1 is 0.545 bits per heavy atom. The number of carbonyl (C=O) groups is 1. The second-order valence-corrected chi connectivity index (χ2v) is 31.9. The lowest BCUT2D eigenvalue weighted by atomic mass is 10.0. The highest BCUT2D eigenvalue weighted by molar-refractivity contribution is 9.11. The van der Waals surface area contributed by atoms with Crippen LogP contribution in [0.5, 0.6) is 34.5 Å². The summed E-state index contributed by atoms with van der Waals surface area (Å²) < 4.78 is 130. The molecule has 612 valence electrons. The fraction of sp³-hybridized carbons (Fsp3) is 0.130. The van der Waals surface area contributed by atoms with Gasteiger partial charge in [-0.1, -0.05) is 123 Å². The Balaban J connectivity index is 0.000000158. The minimum Gasteiger partial charge on any atom is -0.508 e.